The van der Waals surface area contributed by atoms with Crippen LogP contribution in [0, 0.1) is 0 Å². The van der Waals surface area contributed by atoms with Gasteiger partial charge >= 0.3 is 0 Å². The van der Waals surface area contributed by atoms with Gasteiger partial charge in [0.25, 0.3) is 0 Å². The lowest BCUT2D eigenvalue weighted by Gasteiger charge is -2.14. The first-order chi connectivity index (χ1) is 12.7. The summed E-state index contributed by atoms with van der Waals surface area (Å²) in [5, 5.41) is 2.88. The van der Waals surface area contributed by atoms with Gasteiger partial charge in [0.1, 0.15) is 0 Å². The Hall–Kier alpha value is -2.34. The quantitative estimate of drug-likeness (QED) is 0.636. The van der Waals surface area contributed by atoms with E-state index in [-0.39, 0.29) is 5.91 Å². The van der Waals surface area contributed by atoms with Gasteiger partial charge in [-0.25, -0.2) is 0 Å². The average Bonchev–Trinajstić information content (AvgIpc) is 2.67. The van der Waals surface area contributed by atoms with E-state index in [0.29, 0.717) is 28.7 Å². The zero-order valence-corrected chi connectivity index (χ0v) is 16.2. The highest BCUT2D eigenvalue weighted by molar-refractivity contribution is 7.99. The van der Waals surface area contributed by atoms with E-state index in [0.717, 1.165) is 18.6 Å². The molecule has 6 heteroatoms. The van der Waals surface area contributed by atoms with E-state index in [1.54, 1.807) is 45.2 Å². The number of methoxy groups -OCH3 is 3. The number of thioether (sulfide) groups is 1. The highest BCUT2D eigenvalue weighted by Crippen LogP contribution is 2.39. The summed E-state index contributed by atoms with van der Waals surface area (Å²) in [5.41, 5.74) is 1.95. The third kappa shape index (κ3) is 5.88. The van der Waals surface area contributed by atoms with Crippen molar-refractivity contribution in [2.75, 3.05) is 38.2 Å². The lowest BCUT2D eigenvalue weighted by atomic mass is 10.1. The first kappa shape index (κ1) is 20.0. The predicted molar refractivity (Wildman–Crippen MR) is 107 cm³/mol. The maximum Gasteiger partial charge on any atom is 0.234 e. The van der Waals surface area contributed by atoms with Gasteiger partial charge in [-0.2, -0.15) is 11.8 Å². The second-order valence-electron chi connectivity index (χ2n) is 5.60. The van der Waals surface area contributed by atoms with Crippen molar-refractivity contribution in [1.82, 2.24) is 0 Å². The molecule has 1 N–H and O–H groups in total. The summed E-state index contributed by atoms with van der Waals surface area (Å²) < 4.78 is 15.9. The molecule has 2 aromatic carbocycles. The van der Waals surface area contributed by atoms with Gasteiger partial charge < -0.3 is 19.5 Å². The number of carbonyl (C=O) groups is 1. The third-order valence-corrected chi connectivity index (χ3v) is 4.82. The molecule has 5 nitrogen and oxygen atoms in total. The van der Waals surface area contributed by atoms with Crippen LogP contribution >= 0.6 is 11.8 Å². The Labute approximate surface area is 159 Å². The SMILES string of the molecule is COc1cc(NC(=O)CSCCCc2ccccc2)cc(OC)c1OC. The molecule has 2 rings (SSSR count). The number of nitrogens with one attached hydrogen (secondary N) is 1. The van der Waals surface area contributed by atoms with Crippen molar-refractivity contribution in [2.45, 2.75) is 12.8 Å². The molecule has 140 valence electrons. The molecule has 1 amide bonds. The van der Waals surface area contributed by atoms with Crippen molar-refractivity contribution in [3.63, 3.8) is 0 Å². The van der Waals surface area contributed by atoms with Gasteiger partial charge in [-0.1, -0.05) is 30.3 Å². The molecular weight excluding hydrogens is 350 g/mol. The number of rotatable bonds is 10. The molecule has 0 aliphatic heterocycles. The fourth-order valence-corrected chi connectivity index (χ4v) is 3.29. The summed E-state index contributed by atoms with van der Waals surface area (Å²) >= 11 is 1.63. The molecule has 0 aliphatic carbocycles. The number of hydrogen-bond acceptors (Lipinski definition) is 5. The summed E-state index contributed by atoms with van der Waals surface area (Å²) in [4.78, 5) is 12.2. The fraction of sp³-hybridized carbons (Fsp3) is 0.350. The lowest BCUT2D eigenvalue weighted by Crippen LogP contribution is -2.14. The van der Waals surface area contributed by atoms with Crippen molar-refractivity contribution in [1.29, 1.82) is 0 Å². The fourth-order valence-electron chi connectivity index (χ4n) is 2.54. The van der Waals surface area contributed by atoms with Crippen LogP contribution in [0.4, 0.5) is 5.69 Å². The number of aryl methyl sites for hydroxylation is 1. The molecule has 0 saturated carbocycles. The van der Waals surface area contributed by atoms with Crippen LogP contribution in [0.1, 0.15) is 12.0 Å². The minimum absolute atomic E-state index is 0.0519. The largest absolute Gasteiger partial charge is 0.493 e. The molecule has 0 spiro atoms. The second-order valence-corrected chi connectivity index (χ2v) is 6.71. The Bertz CT molecular complexity index is 681. The first-order valence-corrected chi connectivity index (χ1v) is 9.55. The Balaban J connectivity index is 1.80. The van der Waals surface area contributed by atoms with Crippen molar-refractivity contribution < 1.29 is 19.0 Å². The first-order valence-electron chi connectivity index (χ1n) is 8.39. The highest BCUT2D eigenvalue weighted by atomic mass is 32.2. The van der Waals surface area contributed by atoms with Gasteiger partial charge in [-0.15, -0.1) is 0 Å². The minimum Gasteiger partial charge on any atom is -0.493 e. The van der Waals surface area contributed by atoms with Crippen LogP contribution in [0.15, 0.2) is 42.5 Å². The van der Waals surface area contributed by atoms with Crippen molar-refractivity contribution in [3.05, 3.63) is 48.0 Å². The molecule has 0 fully saturated rings. The predicted octanol–water partition coefficient (Wildman–Crippen LogP) is 4.02. The van der Waals surface area contributed by atoms with Crippen LogP contribution in [0.2, 0.25) is 0 Å². The molecule has 0 heterocycles. The zero-order chi connectivity index (χ0) is 18.8. The summed E-state index contributed by atoms with van der Waals surface area (Å²) in [6.07, 6.45) is 2.08. The Morgan fingerprint density at radius 2 is 1.65 bits per heavy atom. The molecule has 0 aliphatic rings. The molecule has 2 aromatic rings. The number of carbonyl (C=O) groups excluding carboxylic acids is 1. The van der Waals surface area contributed by atoms with Crippen LogP contribution in [0.5, 0.6) is 17.2 Å². The smallest absolute Gasteiger partial charge is 0.234 e. The van der Waals surface area contributed by atoms with Crippen molar-refractivity contribution in [3.8, 4) is 17.2 Å². The molecule has 0 saturated heterocycles. The van der Waals surface area contributed by atoms with E-state index in [2.05, 4.69) is 17.4 Å². The highest BCUT2D eigenvalue weighted by Gasteiger charge is 2.14. The lowest BCUT2D eigenvalue weighted by molar-refractivity contribution is -0.113. The van der Waals surface area contributed by atoms with E-state index in [9.17, 15) is 4.79 Å². The minimum atomic E-state index is -0.0519. The van der Waals surface area contributed by atoms with Crippen molar-refractivity contribution in [2.24, 2.45) is 0 Å². The zero-order valence-electron chi connectivity index (χ0n) is 15.4. The molecule has 0 radical (unpaired) electrons. The number of anilines is 1. The summed E-state index contributed by atoms with van der Waals surface area (Å²) in [5.74, 6) is 2.82. The van der Waals surface area contributed by atoms with Crippen molar-refractivity contribution >= 4 is 23.4 Å². The maximum absolute atomic E-state index is 12.2. The summed E-state index contributed by atoms with van der Waals surface area (Å²) in [6, 6.07) is 13.8. The maximum atomic E-state index is 12.2. The monoisotopic (exact) mass is 375 g/mol. The van der Waals surface area contributed by atoms with Gasteiger partial charge in [0.05, 0.1) is 27.1 Å². The topological polar surface area (TPSA) is 56.8 Å². The molecule has 0 unspecified atom stereocenters. The van der Waals surface area contributed by atoms with Crippen LogP contribution in [0.3, 0.4) is 0 Å². The van der Waals surface area contributed by atoms with Crippen LogP contribution in [0.25, 0.3) is 0 Å². The molecule has 0 bridgehead atoms. The van der Waals surface area contributed by atoms with E-state index >= 15 is 0 Å². The summed E-state index contributed by atoms with van der Waals surface area (Å²) in [7, 11) is 4.64. The third-order valence-electron chi connectivity index (χ3n) is 3.78. The second kappa shape index (κ2) is 10.6. The Morgan fingerprint density at radius 1 is 1.00 bits per heavy atom. The Kier molecular flexibility index (Phi) is 8.15. The van der Waals surface area contributed by atoms with E-state index in [1.807, 2.05) is 18.2 Å². The van der Waals surface area contributed by atoms with Gasteiger partial charge in [0.15, 0.2) is 11.5 Å². The number of amides is 1. The number of hydrogen-bond donors (Lipinski definition) is 1. The summed E-state index contributed by atoms with van der Waals surface area (Å²) in [6.45, 7) is 0. The van der Waals surface area contributed by atoms with Gasteiger partial charge in [0, 0.05) is 17.8 Å². The standard InChI is InChI=1S/C20H25NO4S/c1-23-17-12-16(13-18(24-2)20(17)25-3)21-19(22)14-26-11-7-10-15-8-5-4-6-9-15/h4-6,8-9,12-13H,7,10-11,14H2,1-3H3,(H,21,22). The average molecular weight is 375 g/mol. The molecule has 0 aromatic heterocycles. The number of ether oxygens (including phenoxy) is 3. The van der Waals surface area contributed by atoms with E-state index in [4.69, 9.17) is 14.2 Å². The molecule has 0 atom stereocenters. The van der Waals surface area contributed by atoms with E-state index in [1.165, 1.54) is 5.56 Å². The number of benzene rings is 2. The van der Waals surface area contributed by atoms with Gasteiger partial charge in [-0.05, 0) is 24.2 Å². The van der Waals surface area contributed by atoms with Crippen LogP contribution < -0.4 is 19.5 Å². The van der Waals surface area contributed by atoms with Crippen LogP contribution in [-0.2, 0) is 11.2 Å². The van der Waals surface area contributed by atoms with Gasteiger partial charge in [-0.3, -0.25) is 4.79 Å². The van der Waals surface area contributed by atoms with Gasteiger partial charge in [0.2, 0.25) is 11.7 Å². The van der Waals surface area contributed by atoms with E-state index < -0.39 is 0 Å². The molecule has 26 heavy (non-hydrogen) atoms. The van der Waals surface area contributed by atoms with Crippen LogP contribution in [-0.4, -0.2) is 38.7 Å². The molecular formula is C20H25NO4S. The Morgan fingerprint density at radius 3 is 2.23 bits per heavy atom. The normalized spacial score (nSPS) is 10.3.